The lowest BCUT2D eigenvalue weighted by Crippen LogP contribution is -2.31. The van der Waals surface area contributed by atoms with Crippen LogP contribution in [0.5, 0.6) is 0 Å². The molecular weight excluding hydrogens is 246 g/mol. The summed E-state index contributed by atoms with van der Waals surface area (Å²) in [5.74, 6) is 0. The van der Waals surface area contributed by atoms with Crippen LogP contribution in [0.4, 0.5) is 0 Å². The Morgan fingerprint density at radius 3 is 2.65 bits per heavy atom. The molecule has 1 atom stereocenters. The second-order valence-electron chi connectivity index (χ2n) is 5.28. The van der Waals surface area contributed by atoms with Crippen molar-refractivity contribution in [1.29, 1.82) is 0 Å². The predicted molar refractivity (Wildman–Crippen MR) is 86.2 cm³/mol. The van der Waals surface area contributed by atoms with Gasteiger partial charge in [-0.25, -0.2) is 0 Å². The molecule has 0 radical (unpaired) electrons. The molecule has 20 heavy (non-hydrogen) atoms. The smallest absolute Gasteiger partial charge is 0.0462 e. The molecule has 0 aromatic heterocycles. The van der Waals surface area contributed by atoms with Crippen LogP contribution in [-0.4, -0.2) is 26.3 Å². The van der Waals surface area contributed by atoms with E-state index in [1.807, 2.05) is 0 Å². The molecule has 2 nitrogen and oxygen atoms in total. The van der Waals surface area contributed by atoms with Crippen LogP contribution in [0.15, 0.2) is 42.5 Å². The number of nitrogens with one attached hydrogen (secondary N) is 1. The SMILES string of the molecule is CCNC(CCCOC)Cc1ccc2ccccc2c1. The van der Waals surface area contributed by atoms with Gasteiger partial charge in [0.25, 0.3) is 0 Å². The van der Waals surface area contributed by atoms with E-state index in [9.17, 15) is 0 Å². The Bertz CT molecular complexity index is 524. The van der Waals surface area contributed by atoms with Crippen molar-refractivity contribution in [2.45, 2.75) is 32.2 Å². The van der Waals surface area contributed by atoms with Crippen LogP contribution in [0.3, 0.4) is 0 Å². The molecule has 1 unspecified atom stereocenters. The van der Waals surface area contributed by atoms with Crippen molar-refractivity contribution >= 4 is 10.8 Å². The quantitative estimate of drug-likeness (QED) is 0.738. The predicted octanol–water partition coefficient (Wildman–Crippen LogP) is 3.79. The van der Waals surface area contributed by atoms with E-state index < -0.39 is 0 Å². The average molecular weight is 271 g/mol. The van der Waals surface area contributed by atoms with Gasteiger partial charge in [0.05, 0.1) is 0 Å². The molecule has 0 heterocycles. The van der Waals surface area contributed by atoms with Crippen LogP contribution in [0.25, 0.3) is 10.8 Å². The summed E-state index contributed by atoms with van der Waals surface area (Å²) in [6, 6.07) is 15.9. The number of methoxy groups -OCH3 is 1. The fraction of sp³-hybridized carbons (Fsp3) is 0.444. The van der Waals surface area contributed by atoms with E-state index >= 15 is 0 Å². The standard InChI is InChI=1S/C18H25NO/c1-3-19-18(9-6-12-20-2)14-15-10-11-16-7-4-5-8-17(16)13-15/h4-5,7-8,10-11,13,18-19H,3,6,9,12,14H2,1-2H3. The fourth-order valence-corrected chi connectivity index (χ4v) is 2.69. The van der Waals surface area contributed by atoms with E-state index in [0.29, 0.717) is 6.04 Å². The number of fused-ring (bicyclic) bond motifs is 1. The highest BCUT2D eigenvalue weighted by atomic mass is 16.5. The van der Waals surface area contributed by atoms with Gasteiger partial charge in [-0.15, -0.1) is 0 Å². The monoisotopic (exact) mass is 271 g/mol. The van der Waals surface area contributed by atoms with Crippen LogP contribution in [0.1, 0.15) is 25.3 Å². The lowest BCUT2D eigenvalue weighted by molar-refractivity contribution is 0.188. The number of hydrogen-bond donors (Lipinski definition) is 1. The largest absolute Gasteiger partial charge is 0.385 e. The van der Waals surface area contributed by atoms with E-state index in [-0.39, 0.29) is 0 Å². The lowest BCUT2D eigenvalue weighted by Gasteiger charge is -2.18. The topological polar surface area (TPSA) is 21.3 Å². The fourth-order valence-electron chi connectivity index (χ4n) is 2.69. The first-order chi connectivity index (χ1) is 9.83. The average Bonchev–Trinajstić information content (AvgIpc) is 2.47. The molecule has 0 saturated carbocycles. The molecule has 0 spiro atoms. The Balaban J connectivity index is 2.03. The summed E-state index contributed by atoms with van der Waals surface area (Å²) in [7, 11) is 1.77. The highest BCUT2D eigenvalue weighted by molar-refractivity contribution is 5.82. The Labute approximate surface area is 122 Å². The van der Waals surface area contributed by atoms with Crippen molar-refractivity contribution in [3.8, 4) is 0 Å². The highest BCUT2D eigenvalue weighted by Gasteiger charge is 2.08. The Hall–Kier alpha value is -1.38. The maximum atomic E-state index is 5.15. The van der Waals surface area contributed by atoms with Gasteiger partial charge >= 0.3 is 0 Å². The molecule has 0 aliphatic carbocycles. The van der Waals surface area contributed by atoms with Crippen molar-refractivity contribution in [3.05, 3.63) is 48.0 Å². The van der Waals surface area contributed by atoms with Crippen LogP contribution in [0, 0.1) is 0 Å². The van der Waals surface area contributed by atoms with Crippen molar-refractivity contribution in [1.82, 2.24) is 5.32 Å². The molecule has 2 rings (SSSR count). The zero-order valence-electron chi connectivity index (χ0n) is 12.6. The van der Waals surface area contributed by atoms with Gasteiger partial charge in [0, 0.05) is 19.8 Å². The van der Waals surface area contributed by atoms with Gasteiger partial charge in [-0.05, 0) is 42.1 Å². The lowest BCUT2D eigenvalue weighted by atomic mass is 9.99. The second kappa shape index (κ2) is 8.03. The zero-order valence-corrected chi connectivity index (χ0v) is 12.6. The van der Waals surface area contributed by atoms with E-state index in [1.165, 1.54) is 16.3 Å². The summed E-state index contributed by atoms with van der Waals surface area (Å²) < 4.78 is 5.15. The van der Waals surface area contributed by atoms with E-state index in [0.717, 1.165) is 32.4 Å². The molecule has 0 saturated heterocycles. The Kier molecular flexibility index (Phi) is 6.03. The van der Waals surface area contributed by atoms with E-state index in [1.54, 1.807) is 7.11 Å². The highest BCUT2D eigenvalue weighted by Crippen LogP contribution is 2.17. The first-order valence-corrected chi connectivity index (χ1v) is 7.53. The number of rotatable bonds is 8. The molecular formula is C18H25NO. The Morgan fingerprint density at radius 1 is 1.10 bits per heavy atom. The van der Waals surface area contributed by atoms with Gasteiger partial charge in [0.2, 0.25) is 0 Å². The van der Waals surface area contributed by atoms with Gasteiger partial charge in [-0.1, -0.05) is 49.4 Å². The summed E-state index contributed by atoms with van der Waals surface area (Å²) >= 11 is 0. The second-order valence-corrected chi connectivity index (χ2v) is 5.28. The summed E-state index contributed by atoms with van der Waals surface area (Å²) in [6.07, 6.45) is 3.36. The summed E-state index contributed by atoms with van der Waals surface area (Å²) in [6.45, 7) is 4.04. The third kappa shape index (κ3) is 4.32. The number of benzene rings is 2. The van der Waals surface area contributed by atoms with Crippen LogP contribution < -0.4 is 5.32 Å². The van der Waals surface area contributed by atoms with Gasteiger partial charge in [0.1, 0.15) is 0 Å². The number of hydrogen-bond acceptors (Lipinski definition) is 2. The summed E-state index contributed by atoms with van der Waals surface area (Å²) in [5, 5.41) is 6.23. The molecule has 0 aliphatic rings. The first kappa shape index (κ1) is 15.0. The number of likely N-dealkylation sites (N-methyl/N-ethyl adjacent to an activating group) is 1. The van der Waals surface area contributed by atoms with Gasteiger partial charge in [-0.2, -0.15) is 0 Å². The third-order valence-corrected chi connectivity index (χ3v) is 3.69. The molecule has 2 aromatic rings. The van der Waals surface area contributed by atoms with E-state index in [2.05, 4.69) is 54.7 Å². The molecule has 0 bridgehead atoms. The van der Waals surface area contributed by atoms with Crippen LogP contribution in [-0.2, 0) is 11.2 Å². The zero-order chi connectivity index (χ0) is 14.2. The molecule has 1 N–H and O–H groups in total. The Morgan fingerprint density at radius 2 is 1.90 bits per heavy atom. The molecule has 0 amide bonds. The van der Waals surface area contributed by atoms with Gasteiger partial charge in [0.15, 0.2) is 0 Å². The minimum atomic E-state index is 0.538. The van der Waals surface area contributed by atoms with Crippen molar-refractivity contribution < 1.29 is 4.74 Å². The minimum absolute atomic E-state index is 0.538. The van der Waals surface area contributed by atoms with Crippen molar-refractivity contribution in [2.24, 2.45) is 0 Å². The van der Waals surface area contributed by atoms with Crippen molar-refractivity contribution in [3.63, 3.8) is 0 Å². The summed E-state index contributed by atoms with van der Waals surface area (Å²) in [4.78, 5) is 0. The van der Waals surface area contributed by atoms with Crippen LogP contribution >= 0.6 is 0 Å². The maximum Gasteiger partial charge on any atom is 0.0462 e. The molecule has 2 heteroatoms. The van der Waals surface area contributed by atoms with Gasteiger partial charge < -0.3 is 10.1 Å². The maximum absolute atomic E-state index is 5.15. The summed E-state index contributed by atoms with van der Waals surface area (Å²) in [5.41, 5.74) is 1.41. The van der Waals surface area contributed by atoms with Crippen molar-refractivity contribution in [2.75, 3.05) is 20.3 Å². The molecule has 108 valence electrons. The normalized spacial score (nSPS) is 12.7. The van der Waals surface area contributed by atoms with E-state index in [4.69, 9.17) is 4.74 Å². The molecule has 0 fully saturated rings. The molecule has 2 aromatic carbocycles. The minimum Gasteiger partial charge on any atom is -0.385 e. The third-order valence-electron chi connectivity index (χ3n) is 3.69. The molecule has 0 aliphatic heterocycles. The van der Waals surface area contributed by atoms with Gasteiger partial charge in [-0.3, -0.25) is 0 Å². The van der Waals surface area contributed by atoms with Crippen LogP contribution in [0.2, 0.25) is 0 Å². The number of ether oxygens (including phenoxy) is 1. The first-order valence-electron chi connectivity index (χ1n) is 7.53.